The van der Waals surface area contributed by atoms with Crippen LogP contribution in [-0.4, -0.2) is 11.2 Å². The first-order valence-corrected chi connectivity index (χ1v) is 5.45. The average Bonchev–Trinajstić information content (AvgIpc) is 2.92. The molecule has 3 heteroatoms. The highest BCUT2D eigenvalue weighted by atomic mass is 16.5. The van der Waals surface area contributed by atoms with Gasteiger partial charge in [-0.3, -0.25) is 0 Å². The molecule has 14 heavy (non-hydrogen) atoms. The van der Waals surface area contributed by atoms with E-state index >= 15 is 0 Å². The molecule has 1 fully saturated rings. The number of nitrogens with zero attached hydrogens (tertiary/aromatic N) is 1. The van der Waals surface area contributed by atoms with Gasteiger partial charge >= 0.3 is 0 Å². The van der Waals surface area contributed by atoms with Crippen molar-refractivity contribution in [2.24, 2.45) is 5.92 Å². The van der Waals surface area contributed by atoms with Crippen LogP contribution in [-0.2, 0) is 6.54 Å². The molecule has 1 atom stereocenters. The van der Waals surface area contributed by atoms with E-state index in [1.807, 2.05) is 13.0 Å². The summed E-state index contributed by atoms with van der Waals surface area (Å²) in [4.78, 5) is 0. The molecule has 1 saturated carbocycles. The minimum Gasteiger partial charge on any atom is -0.361 e. The molecular formula is C11H18N2O. The highest BCUT2D eigenvalue weighted by Crippen LogP contribution is 2.33. The molecule has 0 bridgehead atoms. The summed E-state index contributed by atoms with van der Waals surface area (Å²) in [6.07, 6.45) is 3.99. The van der Waals surface area contributed by atoms with Gasteiger partial charge in [-0.15, -0.1) is 0 Å². The molecule has 3 nitrogen and oxygen atoms in total. The molecule has 1 aliphatic carbocycles. The lowest BCUT2D eigenvalue weighted by Gasteiger charge is -2.14. The van der Waals surface area contributed by atoms with E-state index in [2.05, 4.69) is 17.4 Å². The van der Waals surface area contributed by atoms with E-state index in [0.29, 0.717) is 6.04 Å². The van der Waals surface area contributed by atoms with Crippen LogP contribution in [0.5, 0.6) is 0 Å². The normalized spacial score (nSPS) is 18.4. The Hall–Kier alpha value is -0.830. The van der Waals surface area contributed by atoms with Crippen LogP contribution in [0.4, 0.5) is 0 Å². The third-order valence-corrected chi connectivity index (χ3v) is 2.85. The molecular weight excluding hydrogens is 176 g/mol. The first-order valence-electron chi connectivity index (χ1n) is 5.45. The smallest absolute Gasteiger partial charge is 0.133 e. The number of aryl methyl sites for hydroxylation is 1. The zero-order valence-electron chi connectivity index (χ0n) is 8.92. The van der Waals surface area contributed by atoms with Crippen molar-refractivity contribution in [1.82, 2.24) is 10.5 Å². The first kappa shape index (κ1) is 9.71. The van der Waals surface area contributed by atoms with Crippen LogP contribution in [0, 0.1) is 12.8 Å². The monoisotopic (exact) mass is 194 g/mol. The van der Waals surface area contributed by atoms with Crippen LogP contribution >= 0.6 is 0 Å². The Morgan fingerprint density at radius 1 is 1.64 bits per heavy atom. The summed E-state index contributed by atoms with van der Waals surface area (Å²) in [6, 6.07) is 2.67. The lowest BCUT2D eigenvalue weighted by Crippen LogP contribution is -2.29. The van der Waals surface area contributed by atoms with Crippen LogP contribution in [0.1, 0.15) is 37.6 Å². The van der Waals surface area contributed by atoms with Crippen molar-refractivity contribution in [2.45, 2.75) is 45.7 Å². The first-order chi connectivity index (χ1) is 6.79. The molecule has 2 rings (SSSR count). The van der Waals surface area contributed by atoms with E-state index < -0.39 is 0 Å². The SMILES string of the molecule is CCC(NCc1cc(C)on1)C1CC1. The molecule has 0 radical (unpaired) electrons. The molecule has 1 aromatic heterocycles. The van der Waals surface area contributed by atoms with Crippen molar-refractivity contribution < 1.29 is 4.52 Å². The maximum atomic E-state index is 5.02. The predicted molar refractivity (Wildman–Crippen MR) is 54.9 cm³/mol. The van der Waals surface area contributed by atoms with Gasteiger partial charge in [0.2, 0.25) is 0 Å². The van der Waals surface area contributed by atoms with E-state index in [1.54, 1.807) is 0 Å². The van der Waals surface area contributed by atoms with Crippen LogP contribution in [0.3, 0.4) is 0 Å². The summed E-state index contributed by atoms with van der Waals surface area (Å²) in [6.45, 7) is 5.01. The molecule has 1 aliphatic rings. The van der Waals surface area contributed by atoms with Crippen LogP contribution in [0.25, 0.3) is 0 Å². The molecule has 0 aromatic carbocycles. The third-order valence-electron chi connectivity index (χ3n) is 2.85. The van der Waals surface area contributed by atoms with Gasteiger partial charge in [0.15, 0.2) is 0 Å². The van der Waals surface area contributed by atoms with Gasteiger partial charge in [0.1, 0.15) is 5.76 Å². The zero-order chi connectivity index (χ0) is 9.97. The van der Waals surface area contributed by atoms with E-state index in [-0.39, 0.29) is 0 Å². The molecule has 0 amide bonds. The van der Waals surface area contributed by atoms with Crippen LogP contribution in [0.15, 0.2) is 10.6 Å². The highest BCUT2D eigenvalue weighted by Gasteiger charge is 2.29. The maximum Gasteiger partial charge on any atom is 0.133 e. The van der Waals surface area contributed by atoms with Crippen molar-refractivity contribution in [3.63, 3.8) is 0 Å². The van der Waals surface area contributed by atoms with Crippen molar-refractivity contribution >= 4 is 0 Å². The second kappa shape index (κ2) is 4.13. The predicted octanol–water partition coefficient (Wildman–Crippen LogP) is 2.26. The zero-order valence-corrected chi connectivity index (χ0v) is 8.92. The number of aromatic nitrogens is 1. The van der Waals surface area contributed by atoms with Gasteiger partial charge in [-0.25, -0.2) is 0 Å². The second-order valence-electron chi connectivity index (χ2n) is 4.16. The molecule has 0 aliphatic heterocycles. The summed E-state index contributed by atoms with van der Waals surface area (Å²) in [5, 5.41) is 7.50. The van der Waals surface area contributed by atoms with E-state index in [4.69, 9.17) is 4.52 Å². The Kier molecular flexibility index (Phi) is 2.87. The molecule has 1 aromatic rings. The Labute approximate surface area is 84.9 Å². The van der Waals surface area contributed by atoms with Crippen molar-refractivity contribution in [1.29, 1.82) is 0 Å². The summed E-state index contributed by atoms with van der Waals surface area (Å²) in [5.74, 6) is 1.80. The van der Waals surface area contributed by atoms with Crippen LogP contribution < -0.4 is 5.32 Å². The number of rotatable bonds is 5. The van der Waals surface area contributed by atoms with Crippen molar-refractivity contribution in [3.05, 3.63) is 17.5 Å². The minimum atomic E-state index is 0.673. The van der Waals surface area contributed by atoms with Crippen LogP contribution in [0.2, 0.25) is 0 Å². The Balaban J connectivity index is 1.80. The quantitative estimate of drug-likeness (QED) is 0.781. The number of hydrogen-bond donors (Lipinski definition) is 1. The lowest BCUT2D eigenvalue weighted by molar-refractivity contribution is 0.380. The van der Waals surface area contributed by atoms with Crippen molar-refractivity contribution in [2.75, 3.05) is 0 Å². The Bertz CT molecular complexity index is 291. The summed E-state index contributed by atoms with van der Waals surface area (Å²) in [5.41, 5.74) is 1.02. The van der Waals surface area contributed by atoms with Gasteiger partial charge in [0.05, 0.1) is 5.69 Å². The summed E-state index contributed by atoms with van der Waals surface area (Å²) < 4.78 is 5.02. The van der Waals surface area contributed by atoms with Gasteiger partial charge in [-0.05, 0) is 32.1 Å². The fourth-order valence-corrected chi connectivity index (χ4v) is 1.88. The van der Waals surface area contributed by atoms with E-state index in [9.17, 15) is 0 Å². The Morgan fingerprint density at radius 2 is 2.43 bits per heavy atom. The maximum absolute atomic E-state index is 5.02. The highest BCUT2D eigenvalue weighted by molar-refractivity contribution is 5.03. The lowest BCUT2D eigenvalue weighted by atomic mass is 10.1. The van der Waals surface area contributed by atoms with Gasteiger partial charge in [-0.1, -0.05) is 12.1 Å². The van der Waals surface area contributed by atoms with E-state index in [1.165, 1.54) is 19.3 Å². The van der Waals surface area contributed by atoms with E-state index in [0.717, 1.165) is 23.9 Å². The summed E-state index contributed by atoms with van der Waals surface area (Å²) in [7, 11) is 0. The topological polar surface area (TPSA) is 38.1 Å². The second-order valence-corrected chi connectivity index (χ2v) is 4.16. The molecule has 0 saturated heterocycles. The largest absolute Gasteiger partial charge is 0.361 e. The molecule has 1 heterocycles. The number of hydrogen-bond acceptors (Lipinski definition) is 3. The standard InChI is InChI=1S/C11H18N2O/c1-3-11(9-4-5-9)12-7-10-6-8(2)14-13-10/h6,9,11-12H,3-5,7H2,1-2H3. The van der Waals surface area contributed by atoms with Gasteiger partial charge in [0.25, 0.3) is 0 Å². The minimum absolute atomic E-state index is 0.673. The fourth-order valence-electron chi connectivity index (χ4n) is 1.88. The van der Waals surface area contributed by atoms with Gasteiger partial charge in [0, 0.05) is 18.7 Å². The van der Waals surface area contributed by atoms with Gasteiger partial charge in [-0.2, -0.15) is 0 Å². The molecule has 1 unspecified atom stereocenters. The third kappa shape index (κ3) is 2.35. The molecule has 1 N–H and O–H groups in total. The summed E-state index contributed by atoms with van der Waals surface area (Å²) >= 11 is 0. The van der Waals surface area contributed by atoms with Crippen molar-refractivity contribution in [3.8, 4) is 0 Å². The molecule has 78 valence electrons. The molecule has 0 spiro atoms. The average molecular weight is 194 g/mol. The Morgan fingerprint density at radius 3 is 2.93 bits per heavy atom. The number of nitrogens with one attached hydrogen (secondary N) is 1. The fraction of sp³-hybridized carbons (Fsp3) is 0.727. The van der Waals surface area contributed by atoms with Gasteiger partial charge < -0.3 is 9.84 Å².